The van der Waals surface area contributed by atoms with Crippen LogP contribution in [0.4, 0.5) is 0 Å². The van der Waals surface area contributed by atoms with E-state index in [1.807, 2.05) is 0 Å². The maximum atomic E-state index is 5.94. The molecule has 0 radical (unpaired) electrons. The van der Waals surface area contributed by atoms with Gasteiger partial charge in [0.1, 0.15) is 5.82 Å². The van der Waals surface area contributed by atoms with Crippen LogP contribution in [0.2, 0.25) is 0 Å². The van der Waals surface area contributed by atoms with Gasteiger partial charge < -0.3 is 9.30 Å². The summed E-state index contributed by atoms with van der Waals surface area (Å²) in [7, 11) is 0. The van der Waals surface area contributed by atoms with Gasteiger partial charge in [0.2, 0.25) is 0 Å². The van der Waals surface area contributed by atoms with Crippen LogP contribution in [0.1, 0.15) is 38.7 Å². The standard InChI is InChI=1S/C25H31N3O/c1-4-5-9-21-12-13-24-26-25(22-10-7-6-8-11-22)23(28(24)15-14-21)18-27-16-19(2)29-20(3)17-27/h4-8,10-12,14-15,19-20H,9,13,16-18H2,1-3H3/b5-4+. The van der Waals surface area contributed by atoms with E-state index < -0.39 is 0 Å². The minimum Gasteiger partial charge on any atom is -0.373 e. The summed E-state index contributed by atoms with van der Waals surface area (Å²) in [6.45, 7) is 9.18. The molecule has 0 saturated carbocycles. The van der Waals surface area contributed by atoms with Gasteiger partial charge in [-0.25, -0.2) is 4.98 Å². The molecular formula is C25H31N3O. The number of allylic oxidation sites excluding steroid dienone is 5. The van der Waals surface area contributed by atoms with Crippen LogP contribution in [0.15, 0.2) is 60.2 Å². The number of imidazole rings is 1. The molecule has 1 aromatic heterocycles. The minimum absolute atomic E-state index is 0.259. The van der Waals surface area contributed by atoms with Gasteiger partial charge in [-0.05, 0) is 38.8 Å². The van der Waals surface area contributed by atoms with E-state index in [2.05, 4.69) is 91.1 Å². The lowest BCUT2D eigenvalue weighted by Crippen LogP contribution is -2.45. The molecule has 2 atom stereocenters. The van der Waals surface area contributed by atoms with E-state index >= 15 is 0 Å². The lowest BCUT2D eigenvalue weighted by Gasteiger charge is -2.35. The fourth-order valence-electron chi connectivity index (χ4n) is 4.31. The average Bonchev–Trinajstić information content (AvgIpc) is 2.91. The highest BCUT2D eigenvalue weighted by Gasteiger charge is 2.26. The zero-order valence-corrected chi connectivity index (χ0v) is 17.7. The van der Waals surface area contributed by atoms with Crippen molar-refractivity contribution in [2.45, 2.75) is 52.4 Å². The molecule has 2 aliphatic heterocycles. The molecule has 2 aliphatic rings. The molecule has 0 bridgehead atoms. The molecule has 0 spiro atoms. The number of benzene rings is 1. The Morgan fingerprint density at radius 1 is 1.14 bits per heavy atom. The first-order chi connectivity index (χ1) is 14.1. The summed E-state index contributed by atoms with van der Waals surface area (Å²) in [5, 5.41) is 0. The van der Waals surface area contributed by atoms with Crippen molar-refractivity contribution in [1.29, 1.82) is 0 Å². The van der Waals surface area contributed by atoms with Gasteiger partial charge in [-0.15, -0.1) is 0 Å². The minimum atomic E-state index is 0.259. The first-order valence-electron chi connectivity index (χ1n) is 10.7. The predicted octanol–water partition coefficient (Wildman–Crippen LogP) is 5.08. The van der Waals surface area contributed by atoms with E-state index in [4.69, 9.17) is 9.72 Å². The Hall–Kier alpha value is -2.43. The fraction of sp³-hybridized carbons (Fsp3) is 0.400. The zero-order chi connectivity index (χ0) is 20.2. The number of nitrogens with zero attached hydrogens (tertiary/aromatic N) is 3. The second-order valence-corrected chi connectivity index (χ2v) is 8.08. The molecule has 2 aromatic rings. The van der Waals surface area contributed by atoms with Crippen molar-refractivity contribution < 1.29 is 4.74 Å². The molecule has 0 aliphatic carbocycles. The third kappa shape index (κ3) is 4.60. The summed E-state index contributed by atoms with van der Waals surface area (Å²) in [6, 6.07) is 10.6. The molecule has 4 rings (SSSR count). The van der Waals surface area contributed by atoms with Crippen LogP contribution in [0, 0.1) is 0 Å². The van der Waals surface area contributed by atoms with E-state index in [0.29, 0.717) is 0 Å². The molecule has 2 unspecified atom stereocenters. The SMILES string of the molecule is C/C=C/CC1=CCc2nc(-c3ccccc3)c(CN3CC(C)OC(C)C3)n2C=C1. The molecule has 4 heteroatoms. The molecular weight excluding hydrogens is 358 g/mol. The summed E-state index contributed by atoms with van der Waals surface area (Å²) in [6.07, 6.45) is 13.4. The Morgan fingerprint density at radius 3 is 2.62 bits per heavy atom. The van der Waals surface area contributed by atoms with Gasteiger partial charge in [0, 0.05) is 37.8 Å². The van der Waals surface area contributed by atoms with Gasteiger partial charge in [-0.3, -0.25) is 4.90 Å². The molecule has 29 heavy (non-hydrogen) atoms. The molecule has 0 N–H and O–H groups in total. The first-order valence-corrected chi connectivity index (χ1v) is 10.7. The largest absolute Gasteiger partial charge is 0.373 e. The number of fused-ring (bicyclic) bond motifs is 1. The van der Waals surface area contributed by atoms with Crippen LogP contribution in [0.25, 0.3) is 17.5 Å². The van der Waals surface area contributed by atoms with Crippen molar-refractivity contribution in [3.8, 4) is 11.3 Å². The Labute approximate surface area is 174 Å². The van der Waals surface area contributed by atoms with Gasteiger partial charge in [0.15, 0.2) is 0 Å². The number of morpholine rings is 1. The van der Waals surface area contributed by atoms with E-state index in [1.165, 1.54) is 16.8 Å². The maximum absolute atomic E-state index is 5.94. The van der Waals surface area contributed by atoms with Crippen LogP contribution in [-0.2, 0) is 17.7 Å². The number of hydrogen-bond donors (Lipinski definition) is 0. The summed E-state index contributed by atoms with van der Waals surface area (Å²) in [4.78, 5) is 7.59. The molecule has 3 heterocycles. The second-order valence-electron chi connectivity index (χ2n) is 8.08. The summed E-state index contributed by atoms with van der Waals surface area (Å²) < 4.78 is 8.25. The Balaban J connectivity index is 1.69. The first kappa shape index (κ1) is 19.9. The van der Waals surface area contributed by atoms with Crippen molar-refractivity contribution in [2.75, 3.05) is 13.1 Å². The Morgan fingerprint density at radius 2 is 1.90 bits per heavy atom. The van der Waals surface area contributed by atoms with Crippen molar-refractivity contribution >= 4 is 6.20 Å². The summed E-state index contributed by atoms with van der Waals surface area (Å²) >= 11 is 0. The monoisotopic (exact) mass is 389 g/mol. The van der Waals surface area contributed by atoms with Crippen molar-refractivity contribution in [1.82, 2.24) is 14.5 Å². The number of ether oxygens (including phenoxy) is 1. The highest BCUT2D eigenvalue weighted by atomic mass is 16.5. The van der Waals surface area contributed by atoms with Crippen molar-refractivity contribution in [3.63, 3.8) is 0 Å². The molecule has 1 fully saturated rings. The normalized spacial score (nSPS) is 22.5. The van der Waals surface area contributed by atoms with E-state index in [9.17, 15) is 0 Å². The van der Waals surface area contributed by atoms with Gasteiger partial charge in [-0.2, -0.15) is 0 Å². The fourth-order valence-corrected chi connectivity index (χ4v) is 4.31. The van der Waals surface area contributed by atoms with Crippen LogP contribution >= 0.6 is 0 Å². The zero-order valence-electron chi connectivity index (χ0n) is 17.7. The summed E-state index contributed by atoms with van der Waals surface area (Å²) in [5.74, 6) is 1.11. The van der Waals surface area contributed by atoms with Gasteiger partial charge in [-0.1, -0.05) is 48.6 Å². The smallest absolute Gasteiger partial charge is 0.117 e. The molecule has 4 nitrogen and oxygen atoms in total. The van der Waals surface area contributed by atoms with Crippen LogP contribution in [0.5, 0.6) is 0 Å². The lowest BCUT2D eigenvalue weighted by atomic mass is 10.1. The van der Waals surface area contributed by atoms with Crippen LogP contribution in [0.3, 0.4) is 0 Å². The number of hydrogen-bond acceptors (Lipinski definition) is 3. The van der Waals surface area contributed by atoms with E-state index in [1.54, 1.807) is 0 Å². The van der Waals surface area contributed by atoms with Gasteiger partial charge in [0.05, 0.1) is 23.6 Å². The number of aromatic nitrogens is 2. The lowest BCUT2D eigenvalue weighted by molar-refractivity contribution is -0.0708. The number of rotatable bonds is 5. The quantitative estimate of drug-likeness (QED) is 0.668. The van der Waals surface area contributed by atoms with Crippen molar-refractivity contribution in [3.05, 3.63) is 71.7 Å². The summed E-state index contributed by atoms with van der Waals surface area (Å²) in [5.41, 5.74) is 4.89. The van der Waals surface area contributed by atoms with E-state index in [-0.39, 0.29) is 12.2 Å². The topological polar surface area (TPSA) is 30.3 Å². The third-order valence-electron chi connectivity index (χ3n) is 5.57. The highest BCUT2D eigenvalue weighted by Crippen LogP contribution is 2.29. The van der Waals surface area contributed by atoms with Gasteiger partial charge >= 0.3 is 0 Å². The second kappa shape index (κ2) is 8.93. The van der Waals surface area contributed by atoms with Gasteiger partial charge in [0.25, 0.3) is 0 Å². The van der Waals surface area contributed by atoms with Crippen LogP contribution in [-0.4, -0.2) is 39.7 Å². The third-order valence-corrected chi connectivity index (χ3v) is 5.57. The Kier molecular flexibility index (Phi) is 6.12. The maximum Gasteiger partial charge on any atom is 0.117 e. The van der Waals surface area contributed by atoms with E-state index in [0.717, 1.165) is 44.0 Å². The Bertz CT molecular complexity index is 913. The highest BCUT2D eigenvalue weighted by molar-refractivity contribution is 5.64. The molecule has 0 amide bonds. The molecule has 1 aromatic carbocycles. The molecule has 1 saturated heterocycles. The van der Waals surface area contributed by atoms with Crippen LogP contribution < -0.4 is 0 Å². The van der Waals surface area contributed by atoms with Crippen molar-refractivity contribution in [2.24, 2.45) is 0 Å². The predicted molar refractivity (Wildman–Crippen MR) is 119 cm³/mol. The average molecular weight is 390 g/mol. The molecule has 152 valence electrons.